The molecule has 0 aromatic carbocycles. The Morgan fingerprint density at radius 1 is 1.50 bits per heavy atom. The third-order valence-electron chi connectivity index (χ3n) is 2.15. The van der Waals surface area contributed by atoms with E-state index in [-0.39, 0.29) is 25.0 Å². The topological polar surface area (TPSA) is 87.0 Å². The number of sulfonamides is 1. The van der Waals surface area contributed by atoms with Crippen molar-refractivity contribution < 1.29 is 13.2 Å². The third-order valence-corrected chi connectivity index (χ3v) is 4.45. The number of nitriles is 1. The highest BCUT2D eigenvalue weighted by molar-refractivity contribution is 7.90. The molecule has 1 aromatic heterocycles. The maximum absolute atomic E-state index is 11.4. The lowest BCUT2D eigenvalue weighted by Gasteiger charge is -2.05. The van der Waals surface area contributed by atoms with Crippen LogP contribution in [0.2, 0.25) is 0 Å². The third kappa shape index (κ3) is 5.80. The number of thiophene rings is 1. The van der Waals surface area contributed by atoms with Gasteiger partial charge in [-0.2, -0.15) is 5.26 Å². The molecule has 1 aromatic rings. The number of nitrogens with zero attached hydrogens (tertiary/aromatic N) is 1. The highest BCUT2D eigenvalue weighted by atomic mass is 32.2. The van der Waals surface area contributed by atoms with E-state index in [0.29, 0.717) is 6.42 Å². The van der Waals surface area contributed by atoms with Crippen molar-refractivity contribution in [2.24, 2.45) is 0 Å². The number of amides is 1. The zero-order valence-electron chi connectivity index (χ0n) is 9.76. The number of hydrogen-bond acceptors (Lipinski definition) is 5. The van der Waals surface area contributed by atoms with Crippen LogP contribution in [0.25, 0.3) is 0 Å². The Labute approximate surface area is 110 Å². The van der Waals surface area contributed by atoms with Gasteiger partial charge in [-0.15, -0.1) is 11.3 Å². The summed E-state index contributed by atoms with van der Waals surface area (Å²) in [4.78, 5) is 12.5. The largest absolute Gasteiger partial charge is 0.274 e. The highest BCUT2D eigenvalue weighted by Crippen LogP contribution is 2.10. The Morgan fingerprint density at radius 2 is 2.28 bits per heavy atom. The second-order valence-electron chi connectivity index (χ2n) is 3.69. The van der Waals surface area contributed by atoms with Crippen molar-refractivity contribution in [1.29, 1.82) is 5.26 Å². The summed E-state index contributed by atoms with van der Waals surface area (Å²) in [5.41, 5.74) is 0. The first-order valence-corrected chi connectivity index (χ1v) is 7.99. The summed E-state index contributed by atoms with van der Waals surface area (Å²) in [7, 11) is -3.59. The Morgan fingerprint density at radius 3 is 2.89 bits per heavy atom. The second-order valence-corrected chi connectivity index (χ2v) is 6.56. The van der Waals surface area contributed by atoms with Crippen molar-refractivity contribution >= 4 is 27.3 Å². The summed E-state index contributed by atoms with van der Waals surface area (Å²) in [5, 5.41) is 10.2. The van der Waals surface area contributed by atoms with Gasteiger partial charge in [0.2, 0.25) is 15.9 Å². The van der Waals surface area contributed by atoms with Gasteiger partial charge in [-0.3, -0.25) is 9.52 Å². The summed E-state index contributed by atoms with van der Waals surface area (Å²) in [6.07, 6.45) is 1.10. The Bertz CT molecular complexity index is 515. The van der Waals surface area contributed by atoms with E-state index in [1.54, 1.807) is 0 Å². The first-order valence-electron chi connectivity index (χ1n) is 5.46. The smallest absolute Gasteiger partial charge is 0.234 e. The summed E-state index contributed by atoms with van der Waals surface area (Å²) in [6.45, 7) is 0. The first kappa shape index (κ1) is 14.7. The van der Waals surface area contributed by atoms with Crippen LogP contribution in [0.5, 0.6) is 0 Å². The maximum atomic E-state index is 11.4. The van der Waals surface area contributed by atoms with Crippen LogP contribution in [0, 0.1) is 11.3 Å². The Hall–Kier alpha value is -1.39. The van der Waals surface area contributed by atoms with Gasteiger partial charge in [0.05, 0.1) is 11.8 Å². The minimum absolute atomic E-state index is 0.151. The standard InChI is InChI=1S/C11H14N2O3S2/c12-7-1-2-9-18(15,16)13-11(14)6-5-10-4-3-8-17-10/h3-4,8H,1-2,5-6,9H2,(H,13,14). The SMILES string of the molecule is N#CCCCS(=O)(=O)NC(=O)CCc1cccs1. The molecule has 1 rings (SSSR count). The summed E-state index contributed by atoms with van der Waals surface area (Å²) < 4.78 is 24.9. The molecule has 0 aliphatic rings. The van der Waals surface area contributed by atoms with Gasteiger partial charge in [0, 0.05) is 17.7 Å². The molecule has 1 N–H and O–H groups in total. The number of carbonyl (C=O) groups is 1. The molecule has 0 saturated heterocycles. The van der Waals surface area contributed by atoms with E-state index in [4.69, 9.17) is 5.26 Å². The van der Waals surface area contributed by atoms with Gasteiger partial charge in [0.15, 0.2) is 0 Å². The van der Waals surface area contributed by atoms with Crippen LogP contribution in [-0.4, -0.2) is 20.1 Å². The maximum Gasteiger partial charge on any atom is 0.234 e. The Kier molecular flexibility index (Phi) is 5.82. The van der Waals surface area contributed by atoms with Crippen molar-refractivity contribution in [1.82, 2.24) is 4.72 Å². The van der Waals surface area contributed by atoms with Crippen LogP contribution in [0.4, 0.5) is 0 Å². The molecule has 0 saturated carbocycles. The molecule has 5 nitrogen and oxygen atoms in total. The van der Waals surface area contributed by atoms with Gasteiger partial charge >= 0.3 is 0 Å². The molecule has 0 aliphatic heterocycles. The van der Waals surface area contributed by atoms with E-state index in [0.717, 1.165) is 4.88 Å². The molecule has 98 valence electrons. The fourth-order valence-corrected chi connectivity index (χ4v) is 3.09. The van der Waals surface area contributed by atoms with E-state index in [1.807, 2.05) is 28.3 Å². The van der Waals surface area contributed by atoms with Crippen molar-refractivity contribution in [2.45, 2.75) is 25.7 Å². The lowest BCUT2D eigenvalue weighted by Crippen LogP contribution is -2.32. The lowest BCUT2D eigenvalue weighted by molar-refractivity contribution is -0.119. The van der Waals surface area contributed by atoms with Gasteiger partial charge < -0.3 is 0 Å². The molecular weight excluding hydrogens is 272 g/mol. The predicted octanol–water partition coefficient (Wildman–Crippen LogP) is 1.43. The zero-order valence-corrected chi connectivity index (χ0v) is 11.4. The van der Waals surface area contributed by atoms with Gasteiger partial charge in [-0.1, -0.05) is 6.07 Å². The minimum Gasteiger partial charge on any atom is -0.274 e. The average molecular weight is 286 g/mol. The molecule has 7 heteroatoms. The van der Waals surface area contributed by atoms with Crippen molar-refractivity contribution in [3.63, 3.8) is 0 Å². The van der Waals surface area contributed by atoms with E-state index < -0.39 is 15.9 Å². The van der Waals surface area contributed by atoms with Crippen molar-refractivity contribution in [2.75, 3.05) is 5.75 Å². The molecule has 18 heavy (non-hydrogen) atoms. The predicted molar refractivity (Wildman–Crippen MR) is 69.4 cm³/mol. The monoisotopic (exact) mass is 286 g/mol. The Balaban J connectivity index is 2.33. The van der Waals surface area contributed by atoms with E-state index in [2.05, 4.69) is 0 Å². The molecule has 0 spiro atoms. The number of carbonyl (C=O) groups excluding carboxylic acids is 1. The molecule has 1 heterocycles. The zero-order chi connectivity index (χ0) is 13.4. The number of nitrogens with one attached hydrogen (secondary N) is 1. The second kappa shape index (κ2) is 7.13. The normalized spacial score (nSPS) is 10.8. The fourth-order valence-electron chi connectivity index (χ4n) is 1.31. The number of rotatable bonds is 7. The lowest BCUT2D eigenvalue weighted by atomic mass is 10.2. The van der Waals surface area contributed by atoms with Crippen LogP contribution in [0.15, 0.2) is 17.5 Å². The van der Waals surface area contributed by atoms with Crippen LogP contribution in [0.1, 0.15) is 24.1 Å². The van der Waals surface area contributed by atoms with Crippen LogP contribution in [0.3, 0.4) is 0 Å². The van der Waals surface area contributed by atoms with Crippen molar-refractivity contribution in [3.8, 4) is 6.07 Å². The molecular formula is C11H14N2O3S2. The molecule has 0 unspecified atom stereocenters. The molecule has 0 fully saturated rings. The molecule has 0 bridgehead atoms. The van der Waals surface area contributed by atoms with E-state index in [1.165, 1.54) is 11.3 Å². The molecule has 1 amide bonds. The number of hydrogen-bond donors (Lipinski definition) is 1. The molecule has 0 aliphatic carbocycles. The van der Waals surface area contributed by atoms with Gasteiger partial charge in [-0.25, -0.2) is 8.42 Å². The van der Waals surface area contributed by atoms with Gasteiger partial charge in [-0.05, 0) is 24.3 Å². The minimum atomic E-state index is -3.59. The van der Waals surface area contributed by atoms with Crippen LogP contribution < -0.4 is 4.72 Å². The highest BCUT2D eigenvalue weighted by Gasteiger charge is 2.14. The van der Waals surface area contributed by atoms with Crippen molar-refractivity contribution in [3.05, 3.63) is 22.4 Å². The van der Waals surface area contributed by atoms with E-state index in [9.17, 15) is 13.2 Å². The van der Waals surface area contributed by atoms with Crippen LogP contribution in [-0.2, 0) is 21.2 Å². The summed E-state index contributed by atoms with van der Waals surface area (Å²) in [5.74, 6) is -0.689. The average Bonchev–Trinajstić information content (AvgIpc) is 2.78. The molecule has 0 atom stereocenters. The summed E-state index contributed by atoms with van der Waals surface area (Å²) in [6, 6.07) is 5.65. The van der Waals surface area contributed by atoms with Gasteiger partial charge in [0.25, 0.3) is 0 Å². The number of unbranched alkanes of at least 4 members (excludes halogenated alkanes) is 1. The van der Waals surface area contributed by atoms with Crippen LogP contribution >= 0.6 is 11.3 Å². The summed E-state index contributed by atoms with van der Waals surface area (Å²) >= 11 is 1.53. The first-order chi connectivity index (χ1) is 8.53. The number of aryl methyl sites for hydroxylation is 1. The quantitative estimate of drug-likeness (QED) is 0.768. The van der Waals surface area contributed by atoms with Gasteiger partial charge in [0.1, 0.15) is 0 Å². The van der Waals surface area contributed by atoms with E-state index >= 15 is 0 Å². The fraction of sp³-hybridized carbons (Fsp3) is 0.455. The molecule has 0 radical (unpaired) electrons.